The summed E-state index contributed by atoms with van der Waals surface area (Å²) in [5.74, 6) is -0.370. The number of carbonyl (C=O) groups excluding carboxylic acids is 1. The fourth-order valence-corrected chi connectivity index (χ4v) is 3.21. The van der Waals surface area contributed by atoms with E-state index in [-0.39, 0.29) is 30.7 Å². The molecule has 1 aliphatic rings. The Morgan fingerprint density at radius 2 is 2.08 bits per heavy atom. The van der Waals surface area contributed by atoms with E-state index in [9.17, 15) is 9.18 Å². The van der Waals surface area contributed by atoms with E-state index < -0.39 is 0 Å². The van der Waals surface area contributed by atoms with Crippen LogP contribution in [0.1, 0.15) is 35.4 Å². The maximum Gasteiger partial charge on any atom is 0.227 e. The second kappa shape index (κ2) is 6.55. The fraction of sp³-hybridized carbons (Fsp3) is 0.444. The van der Waals surface area contributed by atoms with Crippen molar-refractivity contribution in [2.75, 3.05) is 0 Å². The van der Waals surface area contributed by atoms with Gasteiger partial charge in [-0.3, -0.25) is 9.48 Å². The highest BCUT2D eigenvalue weighted by Crippen LogP contribution is 2.31. The Morgan fingerprint density at radius 3 is 2.62 bits per heavy atom. The van der Waals surface area contributed by atoms with E-state index in [2.05, 4.69) is 5.10 Å². The van der Waals surface area contributed by atoms with E-state index >= 15 is 0 Å². The highest BCUT2D eigenvalue weighted by atomic mass is 35.5. The lowest BCUT2D eigenvalue weighted by atomic mass is 10.1. The molecule has 0 atom stereocenters. The summed E-state index contributed by atoms with van der Waals surface area (Å²) in [6.45, 7) is 4.08. The quantitative estimate of drug-likeness (QED) is 0.827. The van der Waals surface area contributed by atoms with Crippen molar-refractivity contribution in [2.45, 2.75) is 45.7 Å². The van der Waals surface area contributed by atoms with Gasteiger partial charge >= 0.3 is 0 Å². The van der Waals surface area contributed by atoms with Gasteiger partial charge in [0.2, 0.25) is 5.91 Å². The third kappa shape index (κ3) is 3.31. The number of hydrogen-bond donors (Lipinski definition) is 0. The fourth-order valence-electron chi connectivity index (χ4n) is 2.99. The molecule has 24 heavy (non-hydrogen) atoms. The van der Waals surface area contributed by atoms with Crippen molar-refractivity contribution < 1.29 is 9.18 Å². The summed E-state index contributed by atoms with van der Waals surface area (Å²) >= 11 is 6.13. The molecule has 0 radical (unpaired) electrons. The molecule has 0 saturated heterocycles. The van der Waals surface area contributed by atoms with Crippen LogP contribution in [0.3, 0.4) is 0 Å². The highest BCUT2D eigenvalue weighted by molar-refractivity contribution is 6.31. The van der Waals surface area contributed by atoms with E-state index in [0.29, 0.717) is 10.6 Å². The zero-order chi connectivity index (χ0) is 17.4. The summed E-state index contributed by atoms with van der Waals surface area (Å²) in [6, 6.07) is 4.80. The van der Waals surface area contributed by atoms with Crippen molar-refractivity contribution >= 4 is 17.5 Å². The number of hydrogen-bond acceptors (Lipinski definition) is 2. The molecule has 1 aliphatic carbocycles. The number of carbonyl (C=O) groups is 1. The second-order valence-corrected chi connectivity index (χ2v) is 6.81. The molecular weight excluding hydrogens is 329 g/mol. The molecule has 0 unspecified atom stereocenters. The molecule has 1 saturated carbocycles. The molecule has 0 N–H and O–H groups in total. The molecule has 2 aromatic rings. The third-order valence-electron chi connectivity index (χ3n) is 4.69. The maximum atomic E-state index is 14.1. The van der Waals surface area contributed by atoms with E-state index in [0.717, 1.165) is 29.8 Å². The molecular formula is C18H21ClFN3O. The van der Waals surface area contributed by atoms with Gasteiger partial charge in [-0.15, -0.1) is 0 Å². The zero-order valence-corrected chi connectivity index (χ0v) is 14.9. The minimum absolute atomic E-state index is 0.00369. The number of nitrogens with zero attached hydrogens (tertiary/aromatic N) is 3. The van der Waals surface area contributed by atoms with Gasteiger partial charge in [-0.1, -0.05) is 17.7 Å². The van der Waals surface area contributed by atoms with Gasteiger partial charge in [0.1, 0.15) is 5.82 Å². The Labute approximate surface area is 146 Å². The number of amides is 1. The molecule has 128 valence electrons. The van der Waals surface area contributed by atoms with Crippen LogP contribution in [-0.2, 0) is 24.8 Å². The molecule has 1 amide bonds. The number of benzene rings is 1. The number of aromatic nitrogens is 2. The van der Waals surface area contributed by atoms with Crippen LogP contribution < -0.4 is 0 Å². The molecule has 0 bridgehead atoms. The van der Waals surface area contributed by atoms with Crippen LogP contribution in [0.4, 0.5) is 4.39 Å². The van der Waals surface area contributed by atoms with Gasteiger partial charge < -0.3 is 4.90 Å². The van der Waals surface area contributed by atoms with Crippen molar-refractivity contribution in [2.24, 2.45) is 7.05 Å². The lowest BCUT2D eigenvalue weighted by molar-refractivity contribution is -0.131. The maximum absolute atomic E-state index is 14.1. The van der Waals surface area contributed by atoms with Gasteiger partial charge in [0.15, 0.2) is 0 Å². The summed E-state index contributed by atoms with van der Waals surface area (Å²) in [5, 5.41) is 4.72. The minimum atomic E-state index is -0.366. The average molecular weight is 350 g/mol. The van der Waals surface area contributed by atoms with Crippen LogP contribution >= 0.6 is 11.6 Å². The summed E-state index contributed by atoms with van der Waals surface area (Å²) in [7, 11) is 1.87. The van der Waals surface area contributed by atoms with Crippen LogP contribution in [0, 0.1) is 19.7 Å². The molecule has 0 aliphatic heterocycles. The van der Waals surface area contributed by atoms with Crippen LogP contribution in [0.25, 0.3) is 0 Å². The summed E-state index contributed by atoms with van der Waals surface area (Å²) in [4.78, 5) is 14.6. The smallest absolute Gasteiger partial charge is 0.227 e. The van der Waals surface area contributed by atoms with Crippen LogP contribution in [-0.4, -0.2) is 26.6 Å². The number of halogens is 2. The molecule has 1 fully saturated rings. The Balaban J connectivity index is 1.82. The Kier molecular flexibility index (Phi) is 4.63. The van der Waals surface area contributed by atoms with Gasteiger partial charge in [-0.25, -0.2) is 4.39 Å². The minimum Gasteiger partial charge on any atom is -0.335 e. The predicted molar refractivity (Wildman–Crippen MR) is 91.4 cm³/mol. The van der Waals surface area contributed by atoms with Crippen molar-refractivity contribution in [1.29, 1.82) is 0 Å². The third-order valence-corrected chi connectivity index (χ3v) is 5.04. The first-order valence-corrected chi connectivity index (χ1v) is 8.47. The standard InChI is InChI=1S/C18H21ClFN3O/c1-11-14(12(2)22(3)21-11)9-18(24)23(13-7-8-13)10-15-16(19)5-4-6-17(15)20/h4-6,13H,7-10H2,1-3H3. The van der Waals surface area contributed by atoms with Gasteiger partial charge in [-0.2, -0.15) is 5.10 Å². The van der Waals surface area contributed by atoms with Crippen molar-refractivity contribution in [1.82, 2.24) is 14.7 Å². The Morgan fingerprint density at radius 1 is 1.38 bits per heavy atom. The van der Waals surface area contributed by atoms with E-state index in [4.69, 9.17) is 11.6 Å². The van der Waals surface area contributed by atoms with Crippen molar-refractivity contribution in [3.63, 3.8) is 0 Å². The first-order chi connectivity index (χ1) is 11.4. The van der Waals surface area contributed by atoms with Gasteiger partial charge in [0.05, 0.1) is 18.7 Å². The van der Waals surface area contributed by atoms with E-state index in [1.807, 2.05) is 20.9 Å². The van der Waals surface area contributed by atoms with Gasteiger partial charge in [-0.05, 0) is 38.8 Å². The monoisotopic (exact) mass is 349 g/mol. The summed E-state index contributed by atoms with van der Waals surface area (Å²) < 4.78 is 15.9. The van der Waals surface area contributed by atoms with Gasteiger partial charge in [0, 0.05) is 34.9 Å². The first kappa shape index (κ1) is 17.0. The molecule has 1 aromatic heterocycles. The lowest BCUT2D eigenvalue weighted by Crippen LogP contribution is -2.34. The Hall–Kier alpha value is -1.88. The van der Waals surface area contributed by atoms with E-state index in [1.54, 1.807) is 21.7 Å². The van der Waals surface area contributed by atoms with Gasteiger partial charge in [0.25, 0.3) is 0 Å². The van der Waals surface area contributed by atoms with Crippen molar-refractivity contribution in [3.05, 3.63) is 51.6 Å². The van der Waals surface area contributed by atoms with Crippen LogP contribution in [0.2, 0.25) is 5.02 Å². The SMILES string of the molecule is Cc1nn(C)c(C)c1CC(=O)N(Cc1c(F)cccc1Cl)C1CC1. The molecule has 4 nitrogen and oxygen atoms in total. The molecule has 3 rings (SSSR count). The second-order valence-electron chi connectivity index (χ2n) is 6.40. The predicted octanol–water partition coefficient (Wildman–Crippen LogP) is 3.56. The van der Waals surface area contributed by atoms with Crippen LogP contribution in [0.5, 0.6) is 0 Å². The molecule has 0 spiro atoms. The number of aryl methyl sites for hydroxylation is 2. The topological polar surface area (TPSA) is 38.1 Å². The molecule has 1 heterocycles. The summed E-state index contributed by atoms with van der Waals surface area (Å²) in [5.41, 5.74) is 3.19. The number of rotatable bonds is 5. The largest absolute Gasteiger partial charge is 0.335 e. The molecule has 1 aromatic carbocycles. The lowest BCUT2D eigenvalue weighted by Gasteiger charge is -2.23. The normalized spacial score (nSPS) is 14.0. The average Bonchev–Trinajstić information content (AvgIpc) is 3.32. The highest BCUT2D eigenvalue weighted by Gasteiger charge is 2.34. The molecule has 6 heteroatoms. The van der Waals surface area contributed by atoms with E-state index in [1.165, 1.54) is 6.07 Å². The summed E-state index contributed by atoms with van der Waals surface area (Å²) in [6.07, 6.45) is 2.21. The van der Waals surface area contributed by atoms with Crippen molar-refractivity contribution in [3.8, 4) is 0 Å². The Bertz CT molecular complexity index is 763. The van der Waals surface area contributed by atoms with Crippen LogP contribution in [0.15, 0.2) is 18.2 Å². The first-order valence-electron chi connectivity index (χ1n) is 8.10. The zero-order valence-electron chi connectivity index (χ0n) is 14.1.